The van der Waals surface area contributed by atoms with Crippen molar-refractivity contribution in [2.45, 2.75) is 45.2 Å². The van der Waals surface area contributed by atoms with Crippen LogP contribution in [-0.4, -0.2) is 57.9 Å². The molecule has 1 fully saturated rings. The molecule has 0 radical (unpaired) electrons. The lowest BCUT2D eigenvalue weighted by atomic mass is 10.0. The predicted molar refractivity (Wildman–Crippen MR) is 112 cm³/mol. The molecule has 174 valence electrons. The normalized spacial score (nSPS) is 16.5. The summed E-state index contributed by atoms with van der Waals surface area (Å²) in [5.41, 5.74) is -0.849. The largest absolute Gasteiger partial charge is 0.480 e. The summed E-state index contributed by atoms with van der Waals surface area (Å²) >= 11 is 0. The molecule has 0 saturated carbocycles. The molecule has 0 aliphatic carbocycles. The quantitative estimate of drug-likeness (QED) is 0.347. The molecule has 1 aliphatic rings. The number of carboxylic acids is 1. The molecular formula is C19H25N5O8. The highest BCUT2D eigenvalue weighted by Crippen LogP contribution is 2.36. The minimum atomic E-state index is -1.22. The topological polar surface area (TPSA) is 185 Å². The molecule has 1 aromatic carbocycles. The van der Waals surface area contributed by atoms with E-state index in [-0.39, 0.29) is 18.0 Å². The summed E-state index contributed by atoms with van der Waals surface area (Å²) in [4.78, 5) is 58.6. The minimum absolute atomic E-state index is 0.0197. The fourth-order valence-electron chi connectivity index (χ4n) is 3.60. The lowest BCUT2D eigenvalue weighted by Crippen LogP contribution is -2.53. The first-order valence-corrected chi connectivity index (χ1v) is 10.0. The Morgan fingerprint density at radius 1 is 1.22 bits per heavy atom. The molecule has 2 atom stereocenters. The van der Waals surface area contributed by atoms with Gasteiger partial charge in [-0.1, -0.05) is 13.8 Å². The van der Waals surface area contributed by atoms with Crippen LogP contribution < -0.4 is 15.5 Å². The van der Waals surface area contributed by atoms with Gasteiger partial charge in [-0.2, -0.15) is 0 Å². The van der Waals surface area contributed by atoms with E-state index in [1.54, 1.807) is 0 Å². The van der Waals surface area contributed by atoms with Crippen LogP contribution in [0.3, 0.4) is 0 Å². The van der Waals surface area contributed by atoms with E-state index in [9.17, 15) is 34.6 Å². The molecule has 0 aromatic heterocycles. The van der Waals surface area contributed by atoms with Gasteiger partial charge in [0.15, 0.2) is 0 Å². The van der Waals surface area contributed by atoms with Crippen LogP contribution in [0.4, 0.5) is 17.1 Å². The molecule has 3 N–H and O–H groups in total. The number of rotatable bonds is 10. The van der Waals surface area contributed by atoms with Crippen molar-refractivity contribution in [3.05, 3.63) is 38.4 Å². The van der Waals surface area contributed by atoms with Gasteiger partial charge in [0, 0.05) is 12.6 Å². The zero-order valence-electron chi connectivity index (χ0n) is 17.6. The van der Waals surface area contributed by atoms with Crippen molar-refractivity contribution in [2.75, 3.05) is 18.0 Å². The molecule has 32 heavy (non-hydrogen) atoms. The monoisotopic (exact) mass is 451 g/mol. The number of hydrogen-bond donors (Lipinski definition) is 3. The Balaban J connectivity index is 2.25. The summed E-state index contributed by atoms with van der Waals surface area (Å²) < 4.78 is 0. The molecule has 2 rings (SSSR count). The summed E-state index contributed by atoms with van der Waals surface area (Å²) in [6.07, 6.45) is 1.18. The van der Waals surface area contributed by atoms with E-state index in [1.807, 2.05) is 13.8 Å². The molecular weight excluding hydrogens is 426 g/mol. The van der Waals surface area contributed by atoms with Crippen molar-refractivity contribution < 1.29 is 29.3 Å². The second-order valence-electron chi connectivity index (χ2n) is 7.84. The van der Waals surface area contributed by atoms with E-state index in [0.29, 0.717) is 19.4 Å². The van der Waals surface area contributed by atoms with Gasteiger partial charge in [-0.3, -0.25) is 34.6 Å². The Morgan fingerprint density at radius 2 is 1.91 bits per heavy atom. The van der Waals surface area contributed by atoms with E-state index in [2.05, 4.69) is 10.6 Å². The fourth-order valence-corrected chi connectivity index (χ4v) is 3.60. The van der Waals surface area contributed by atoms with Gasteiger partial charge in [-0.25, -0.2) is 0 Å². The zero-order valence-corrected chi connectivity index (χ0v) is 17.6. The second-order valence-corrected chi connectivity index (χ2v) is 7.84. The van der Waals surface area contributed by atoms with E-state index >= 15 is 0 Å². The van der Waals surface area contributed by atoms with Crippen LogP contribution in [-0.2, 0) is 14.4 Å². The number of nitrogens with zero attached hydrogens (tertiary/aromatic N) is 3. The van der Waals surface area contributed by atoms with E-state index < -0.39 is 57.6 Å². The van der Waals surface area contributed by atoms with Crippen LogP contribution in [0.2, 0.25) is 0 Å². The first-order valence-electron chi connectivity index (χ1n) is 10.0. The molecule has 13 heteroatoms. The number of anilines is 1. The van der Waals surface area contributed by atoms with Crippen molar-refractivity contribution >= 4 is 34.8 Å². The molecule has 13 nitrogen and oxygen atoms in total. The third kappa shape index (κ3) is 6.12. The predicted octanol–water partition coefficient (Wildman–Crippen LogP) is 1.20. The number of carboxylic acid groups (broad SMARTS) is 1. The minimum Gasteiger partial charge on any atom is -0.480 e. The molecule has 0 bridgehead atoms. The van der Waals surface area contributed by atoms with Crippen molar-refractivity contribution in [3.63, 3.8) is 0 Å². The number of amides is 2. The van der Waals surface area contributed by atoms with Crippen molar-refractivity contribution in [3.8, 4) is 0 Å². The fraction of sp³-hybridized carbons (Fsp3) is 0.526. The lowest BCUT2D eigenvalue weighted by molar-refractivity contribution is -0.393. The van der Waals surface area contributed by atoms with Gasteiger partial charge in [0.2, 0.25) is 11.8 Å². The highest BCUT2D eigenvalue weighted by Gasteiger charge is 2.37. The first kappa shape index (κ1) is 24.5. The average molecular weight is 451 g/mol. The Hall–Kier alpha value is -3.77. The zero-order chi connectivity index (χ0) is 24.0. The van der Waals surface area contributed by atoms with Crippen LogP contribution in [0, 0.1) is 26.1 Å². The van der Waals surface area contributed by atoms with Crippen molar-refractivity contribution in [1.82, 2.24) is 10.6 Å². The van der Waals surface area contributed by atoms with E-state index in [0.717, 1.165) is 12.1 Å². The Labute approximate surface area is 183 Å². The molecule has 0 unspecified atom stereocenters. The molecule has 1 aliphatic heterocycles. The highest BCUT2D eigenvalue weighted by atomic mass is 16.6. The third-order valence-corrected chi connectivity index (χ3v) is 4.99. The van der Waals surface area contributed by atoms with Gasteiger partial charge < -0.3 is 20.6 Å². The number of carbonyl (C=O) groups excluding carboxylic acids is 2. The smallest absolute Gasteiger partial charge is 0.322 e. The van der Waals surface area contributed by atoms with Crippen LogP contribution in [0.25, 0.3) is 0 Å². The maximum atomic E-state index is 13.0. The molecule has 1 aromatic rings. The van der Waals surface area contributed by atoms with Gasteiger partial charge in [-0.05, 0) is 31.2 Å². The van der Waals surface area contributed by atoms with Crippen LogP contribution in [0.5, 0.6) is 0 Å². The van der Waals surface area contributed by atoms with Gasteiger partial charge in [-0.15, -0.1) is 0 Å². The standard InChI is InChI=1S/C19H25N5O8/c1-11(2)8-13(18(27)20-10-17(25)26)21-19(28)15-4-3-7-22(15)14-6-5-12(23(29)30)9-16(14)24(31)32/h5-6,9,11,13,15H,3-4,7-8,10H2,1-2H3,(H,20,27)(H,21,28)(H,25,26)/t13-,15-/m1/s1. The second kappa shape index (κ2) is 10.5. The molecule has 2 amide bonds. The number of nitro benzene ring substituents is 2. The average Bonchev–Trinajstić information content (AvgIpc) is 3.20. The number of nitrogens with one attached hydrogen (secondary N) is 2. The summed E-state index contributed by atoms with van der Waals surface area (Å²) in [5, 5.41) is 36.1. The maximum Gasteiger partial charge on any atom is 0.322 e. The summed E-state index contributed by atoms with van der Waals surface area (Å²) in [5.74, 6) is -2.38. The van der Waals surface area contributed by atoms with Crippen LogP contribution in [0.15, 0.2) is 18.2 Å². The Bertz CT molecular complexity index is 919. The molecule has 1 saturated heterocycles. The first-order chi connectivity index (χ1) is 15.0. The van der Waals surface area contributed by atoms with Gasteiger partial charge >= 0.3 is 5.97 Å². The number of aliphatic carboxylic acids is 1. The number of hydrogen-bond acceptors (Lipinski definition) is 8. The van der Waals surface area contributed by atoms with Gasteiger partial charge in [0.25, 0.3) is 11.4 Å². The summed E-state index contributed by atoms with van der Waals surface area (Å²) in [6, 6.07) is 1.43. The number of benzene rings is 1. The number of non-ortho nitro benzene ring substituents is 1. The summed E-state index contributed by atoms with van der Waals surface area (Å²) in [7, 11) is 0. The van der Waals surface area contributed by atoms with E-state index in [4.69, 9.17) is 5.11 Å². The summed E-state index contributed by atoms with van der Waals surface area (Å²) in [6.45, 7) is 3.40. The van der Waals surface area contributed by atoms with Crippen molar-refractivity contribution in [2.24, 2.45) is 5.92 Å². The maximum absolute atomic E-state index is 13.0. The van der Waals surface area contributed by atoms with E-state index in [1.165, 1.54) is 11.0 Å². The third-order valence-electron chi connectivity index (χ3n) is 4.99. The molecule has 1 heterocycles. The lowest BCUT2D eigenvalue weighted by Gasteiger charge is -2.28. The van der Waals surface area contributed by atoms with Gasteiger partial charge in [0.05, 0.1) is 15.9 Å². The van der Waals surface area contributed by atoms with Gasteiger partial charge in [0.1, 0.15) is 24.3 Å². The number of nitro groups is 2. The Morgan fingerprint density at radius 3 is 2.47 bits per heavy atom. The highest BCUT2D eigenvalue weighted by molar-refractivity contribution is 5.93. The molecule has 0 spiro atoms. The SMILES string of the molecule is CC(C)C[C@@H](NC(=O)[C@H]1CCCN1c1ccc([N+](=O)[O-])cc1[N+](=O)[O-])C(=O)NCC(=O)O. The number of carbonyl (C=O) groups is 3. The van der Waals surface area contributed by atoms with Crippen molar-refractivity contribution in [1.29, 1.82) is 0 Å². The van der Waals surface area contributed by atoms with Crippen LogP contribution in [0.1, 0.15) is 33.1 Å². The Kier molecular flexibility index (Phi) is 8.04. The van der Waals surface area contributed by atoms with Crippen LogP contribution >= 0.6 is 0 Å².